The molecular formula is C66H44N4. The van der Waals surface area contributed by atoms with Crippen LogP contribution in [-0.2, 0) is 0 Å². The summed E-state index contributed by atoms with van der Waals surface area (Å²) < 4.78 is 7.17. The van der Waals surface area contributed by atoms with Crippen LogP contribution in [0, 0.1) is 0 Å². The Morgan fingerprint density at radius 1 is 0.229 bits per heavy atom. The molecule has 0 saturated heterocycles. The van der Waals surface area contributed by atoms with Gasteiger partial charge in [0.05, 0.1) is 38.8 Å². The van der Waals surface area contributed by atoms with Crippen molar-refractivity contribution in [1.82, 2.24) is 13.7 Å². The Labute approximate surface area is 405 Å². The molecule has 0 atom stereocenters. The van der Waals surface area contributed by atoms with Gasteiger partial charge in [0, 0.05) is 60.8 Å². The predicted molar refractivity (Wildman–Crippen MR) is 295 cm³/mol. The predicted octanol–water partition coefficient (Wildman–Crippen LogP) is 17.8. The Balaban J connectivity index is 0.821. The highest BCUT2D eigenvalue weighted by molar-refractivity contribution is 6.17. The highest BCUT2D eigenvalue weighted by atomic mass is 15.1. The third-order valence-corrected chi connectivity index (χ3v) is 14.2. The molecule has 3 heterocycles. The van der Waals surface area contributed by atoms with Crippen LogP contribution in [0.3, 0.4) is 0 Å². The first kappa shape index (κ1) is 39.8. The van der Waals surface area contributed by atoms with Crippen molar-refractivity contribution in [1.29, 1.82) is 0 Å². The molecular weight excluding hydrogens is 849 g/mol. The molecule has 0 saturated carbocycles. The van der Waals surface area contributed by atoms with Crippen LogP contribution < -0.4 is 4.90 Å². The zero-order chi connectivity index (χ0) is 46.1. The summed E-state index contributed by atoms with van der Waals surface area (Å²) in [4.78, 5) is 2.43. The van der Waals surface area contributed by atoms with Gasteiger partial charge in [-0.25, -0.2) is 0 Å². The van der Waals surface area contributed by atoms with Gasteiger partial charge in [-0.15, -0.1) is 0 Å². The fraction of sp³-hybridized carbons (Fsp3) is 0. The highest BCUT2D eigenvalue weighted by Crippen LogP contribution is 2.45. The lowest BCUT2D eigenvalue weighted by Gasteiger charge is -2.26. The molecule has 3 aromatic heterocycles. The van der Waals surface area contributed by atoms with Crippen molar-refractivity contribution >= 4 is 82.5 Å². The normalized spacial score (nSPS) is 11.7. The zero-order valence-electron chi connectivity index (χ0n) is 38.2. The van der Waals surface area contributed by atoms with Crippen LogP contribution in [0.15, 0.2) is 267 Å². The molecule has 14 aromatic rings. The van der Waals surface area contributed by atoms with Gasteiger partial charge in [-0.3, -0.25) is 0 Å². The van der Waals surface area contributed by atoms with Crippen molar-refractivity contribution in [2.75, 3.05) is 4.90 Å². The number of hydrogen-bond acceptors (Lipinski definition) is 1. The first-order valence-electron chi connectivity index (χ1n) is 24.0. The van der Waals surface area contributed by atoms with E-state index in [1.165, 1.54) is 82.2 Å². The van der Waals surface area contributed by atoms with Crippen LogP contribution in [0.4, 0.5) is 17.1 Å². The van der Waals surface area contributed by atoms with Crippen molar-refractivity contribution in [2.45, 2.75) is 0 Å². The Bertz CT molecular complexity index is 4200. The molecule has 0 radical (unpaired) electrons. The highest BCUT2D eigenvalue weighted by Gasteiger charge is 2.23. The minimum absolute atomic E-state index is 1.10. The largest absolute Gasteiger partial charge is 0.310 e. The number of benzene rings is 11. The number of anilines is 3. The quantitative estimate of drug-likeness (QED) is 0.149. The Morgan fingerprint density at radius 3 is 1.13 bits per heavy atom. The lowest BCUT2D eigenvalue weighted by molar-refractivity contribution is 1.18. The average Bonchev–Trinajstić information content (AvgIpc) is 4.08. The third kappa shape index (κ3) is 6.31. The second-order valence-corrected chi connectivity index (χ2v) is 18.1. The second-order valence-electron chi connectivity index (χ2n) is 18.1. The monoisotopic (exact) mass is 892 g/mol. The van der Waals surface area contributed by atoms with Crippen LogP contribution >= 0.6 is 0 Å². The zero-order valence-corrected chi connectivity index (χ0v) is 38.2. The number of fused-ring (bicyclic) bond motifs is 9. The van der Waals surface area contributed by atoms with Crippen molar-refractivity contribution < 1.29 is 0 Å². The summed E-state index contributed by atoms with van der Waals surface area (Å²) in [5, 5.41) is 7.40. The molecule has 14 rings (SSSR count). The third-order valence-electron chi connectivity index (χ3n) is 14.2. The van der Waals surface area contributed by atoms with Crippen LogP contribution in [0.25, 0.3) is 105 Å². The molecule has 4 nitrogen and oxygen atoms in total. The van der Waals surface area contributed by atoms with Crippen molar-refractivity contribution in [3.63, 3.8) is 0 Å². The van der Waals surface area contributed by atoms with E-state index in [-0.39, 0.29) is 0 Å². The summed E-state index contributed by atoms with van der Waals surface area (Å²) in [5.41, 5.74) is 18.6. The SMILES string of the molecule is c1ccc(N(c2ccc3c(c2)c2ccccc2n3-c2ccccc2)c2cccc3c2c2ccccc2n3-c2ccc(-c3ccc(-c4ccc(-n5c6ccccc6c6ccccc65)cc4)cc3)cc2)cc1. The lowest BCUT2D eigenvalue weighted by Crippen LogP contribution is -2.10. The van der Waals surface area contributed by atoms with E-state index in [1.54, 1.807) is 0 Å². The summed E-state index contributed by atoms with van der Waals surface area (Å²) in [6.45, 7) is 0. The molecule has 328 valence electrons. The van der Waals surface area contributed by atoms with E-state index in [2.05, 4.69) is 286 Å². The number of aromatic nitrogens is 3. The maximum absolute atomic E-state index is 2.43. The van der Waals surface area contributed by atoms with Crippen molar-refractivity contribution in [2.24, 2.45) is 0 Å². The topological polar surface area (TPSA) is 18.0 Å². The van der Waals surface area contributed by atoms with Gasteiger partial charge >= 0.3 is 0 Å². The molecule has 0 fully saturated rings. The van der Waals surface area contributed by atoms with Gasteiger partial charge in [0.15, 0.2) is 0 Å². The summed E-state index contributed by atoms with van der Waals surface area (Å²) in [5.74, 6) is 0. The maximum Gasteiger partial charge on any atom is 0.0562 e. The molecule has 4 heteroatoms. The van der Waals surface area contributed by atoms with E-state index in [4.69, 9.17) is 0 Å². The number of hydrogen-bond donors (Lipinski definition) is 0. The van der Waals surface area contributed by atoms with E-state index in [1.807, 2.05) is 0 Å². The molecule has 0 bridgehead atoms. The summed E-state index contributed by atoms with van der Waals surface area (Å²) >= 11 is 0. The standard InChI is InChI=1S/C66H44N4/c1-3-16-49(17-4-1)67(53-42-43-63-58(44-53)56-22-9-13-26-61(56)68(63)50-18-5-2-6-19-50)64-28-15-29-65-66(64)57-23-10-14-27-62(57)70(65)52-40-36-48(37-41-52)46-32-30-45(31-33-46)47-34-38-51(39-35-47)69-59-24-11-7-20-54(59)55-21-8-12-25-60(55)69/h1-44H. The number of rotatable bonds is 8. The molecule has 0 aliphatic heterocycles. The van der Waals surface area contributed by atoms with Gasteiger partial charge in [-0.2, -0.15) is 0 Å². The minimum atomic E-state index is 1.10. The number of para-hydroxylation sites is 6. The van der Waals surface area contributed by atoms with Crippen LogP contribution in [-0.4, -0.2) is 13.7 Å². The molecule has 0 aliphatic carbocycles. The first-order chi connectivity index (χ1) is 34.7. The second kappa shape index (κ2) is 16.2. The average molecular weight is 893 g/mol. The van der Waals surface area contributed by atoms with Gasteiger partial charge in [0.2, 0.25) is 0 Å². The van der Waals surface area contributed by atoms with Crippen LogP contribution in [0.2, 0.25) is 0 Å². The van der Waals surface area contributed by atoms with Gasteiger partial charge in [0.25, 0.3) is 0 Å². The van der Waals surface area contributed by atoms with E-state index in [0.29, 0.717) is 0 Å². The molecule has 0 N–H and O–H groups in total. The van der Waals surface area contributed by atoms with E-state index in [9.17, 15) is 0 Å². The molecule has 70 heavy (non-hydrogen) atoms. The van der Waals surface area contributed by atoms with E-state index < -0.39 is 0 Å². The van der Waals surface area contributed by atoms with Crippen LogP contribution in [0.1, 0.15) is 0 Å². The van der Waals surface area contributed by atoms with Crippen LogP contribution in [0.5, 0.6) is 0 Å². The van der Waals surface area contributed by atoms with Crippen molar-refractivity contribution in [3.05, 3.63) is 267 Å². The Morgan fingerprint density at radius 2 is 0.600 bits per heavy atom. The van der Waals surface area contributed by atoms with E-state index >= 15 is 0 Å². The summed E-state index contributed by atoms with van der Waals surface area (Å²) in [6, 6.07) is 97.0. The lowest BCUT2D eigenvalue weighted by atomic mass is 10.00. The molecule has 0 aliphatic rings. The van der Waals surface area contributed by atoms with E-state index in [0.717, 1.165) is 39.6 Å². The fourth-order valence-electron chi connectivity index (χ4n) is 11.1. The molecule has 0 spiro atoms. The fourth-order valence-corrected chi connectivity index (χ4v) is 11.1. The molecule has 0 unspecified atom stereocenters. The molecule has 0 amide bonds. The smallest absolute Gasteiger partial charge is 0.0562 e. The number of nitrogens with zero attached hydrogens (tertiary/aromatic N) is 4. The Hall–Kier alpha value is -9.38. The maximum atomic E-state index is 2.43. The van der Waals surface area contributed by atoms with Gasteiger partial charge in [-0.1, -0.05) is 164 Å². The Kier molecular flexibility index (Phi) is 9.17. The first-order valence-corrected chi connectivity index (χ1v) is 24.0. The summed E-state index contributed by atoms with van der Waals surface area (Å²) in [6.07, 6.45) is 0. The van der Waals surface area contributed by atoms with Gasteiger partial charge in [-0.05, 0) is 125 Å². The summed E-state index contributed by atoms with van der Waals surface area (Å²) in [7, 11) is 0. The minimum Gasteiger partial charge on any atom is -0.310 e. The van der Waals surface area contributed by atoms with Gasteiger partial charge < -0.3 is 18.6 Å². The molecule has 11 aromatic carbocycles. The van der Waals surface area contributed by atoms with Crippen molar-refractivity contribution in [3.8, 4) is 39.3 Å². The van der Waals surface area contributed by atoms with Gasteiger partial charge in [0.1, 0.15) is 0 Å².